The number of halogens is 1. The van der Waals surface area contributed by atoms with Gasteiger partial charge in [0.1, 0.15) is 5.82 Å². The van der Waals surface area contributed by atoms with Gasteiger partial charge in [0.2, 0.25) is 0 Å². The van der Waals surface area contributed by atoms with Crippen molar-refractivity contribution in [1.82, 2.24) is 9.80 Å². The van der Waals surface area contributed by atoms with Crippen LogP contribution in [0.25, 0.3) is 0 Å². The highest BCUT2D eigenvalue weighted by atomic mass is 19.1. The Morgan fingerprint density at radius 3 is 2.18 bits per heavy atom. The monoisotopic (exact) mass is 307 g/mol. The Hall–Kier alpha value is -1.13. The van der Waals surface area contributed by atoms with Gasteiger partial charge in [-0.05, 0) is 37.2 Å². The van der Waals surface area contributed by atoms with Crippen LogP contribution in [0.4, 0.5) is 10.1 Å². The van der Waals surface area contributed by atoms with Crippen molar-refractivity contribution in [3.8, 4) is 0 Å². The van der Waals surface area contributed by atoms with E-state index in [2.05, 4.69) is 22.0 Å². The predicted molar refractivity (Wildman–Crippen MR) is 91.9 cm³/mol. The fourth-order valence-corrected chi connectivity index (χ4v) is 2.92. The molecule has 0 spiro atoms. The summed E-state index contributed by atoms with van der Waals surface area (Å²) in [5.41, 5.74) is 0.996. The molecular formula is C18H30FN3. The number of nitrogens with zero attached hydrogens (tertiary/aromatic N) is 2. The maximum Gasteiger partial charge on any atom is 0.123 e. The third-order valence-corrected chi connectivity index (χ3v) is 4.39. The number of rotatable bonds is 9. The van der Waals surface area contributed by atoms with Gasteiger partial charge < -0.3 is 10.2 Å². The van der Waals surface area contributed by atoms with Gasteiger partial charge in [-0.2, -0.15) is 0 Å². The van der Waals surface area contributed by atoms with Gasteiger partial charge in [0.15, 0.2) is 0 Å². The Kier molecular flexibility index (Phi) is 7.67. The zero-order chi connectivity index (χ0) is 15.6. The molecule has 2 rings (SSSR count). The van der Waals surface area contributed by atoms with E-state index in [1.165, 1.54) is 70.5 Å². The summed E-state index contributed by atoms with van der Waals surface area (Å²) >= 11 is 0. The molecule has 1 heterocycles. The zero-order valence-corrected chi connectivity index (χ0v) is 13.9. The van der Waals surface area contributed by atoms with Crippen LogP contribution in [0.5, 0.6) is 0 Å². The summed E-state index contributed by atoms with van der Waals surface area (Å²) in [6.45, 7) is 10.2. The first-order valence-corrected chi connectivity index (χ1v) is 8.72. The van der Waals surface area contributed by atoms with Crippen LogP contribution in [0.3, 0.4) is 0 Å². The Morgan fingerprint density at radius 2 is 1.55 bits per heavy atom. The maximum atomic E-state index is 12.8. The van der Waals surface area contributed by atoms with Crippen molar-refractivity contribution < 1.29 is 4.39 Å². The molecule has 1 aliphatic rings. The molecule has 0 bridgehead atoms. The first-order valence-electron chi connectivity index (χ1n) is 8.72. The molecule has 0 amide bonds. The van der Waals surface area contributed by atoms with Crippen LogP contribution in [0.2, 0.25) is 0 Å². The Morgan fingerprint density at radius 1 is 0.909 bits per heavy atom. The molecule has 22 heavy (non-hydrogen) atoms. The van der Waals surface area contributed by atoms with Gasteiger partial charge in [-0.3, -0.25) is 4.90 Å². The molecule has 0 radical (unpaired) electrons. The Labute approximate surface area is 134 Å². The second-order valence-corrected chi connectivity index (χ2v) is 6.18. The van der Waals surface area contributed by atoms with Crippen LogP contribution in [0.1, 0.15) is 32.6 Å². The van der Waals surface area contributed by atoms with Crippen molar-refractivity contribution >= 4 is 5.69 Å². The quantitative estimate of drug-likeness (QED) is 0.705. The summed E-state index contributed by atoms with van der Waals surface area (Å²) in [5, 5.41) is 3.36. The fraction of sp³-hybridized carbons (Fsp3) is 0.667. The van der Waals surface area contributed by atoms with Gasteiger partial charge in [0.25, 0.3) is 0 Å². The molecule has 1 fully saturated rings. The van der Waals surface area contributed by atoms with Gasteiger partial charge >= 0.3 is 0 Å². The number of unbranched alkanes of at least 4 members (excludes halogenated alkanes) is 3. The molecule has 0 aliphatic carbocycles. The minimum atomic E-state index is -0.180. The predicted octanol–water partition coefficient (Wildman–Crippen LogP) is 3.44. The number of hydrogen-bond donors (Lipinski definition) is 1. The number of piperazine rings is 1. The standard InChI is InChI=1S/C18H30FN3/c1-2-3-4-5-11-21-13-15-22(16-14-21)12-10-20-18-8-6-17(19)7-9-18/h6-9,20H,2-5,10-16H2,1H3. The number of nitrogens with one attached hydrogen (secondary N) is 1. The van der Waals surface area contributed by atoms with Crippen molar-refractivity contribution in [1.29, 1.82) is 0 Å². The molecule has 124 valence electrons. The Balaban J connectivity index is 1.54. The minimum Gasteiger partial charge on any atom is -0.384 e. The van der Waals surface area contributed by atoms with E-state index in [4.69, 9.17) is 0 Å². The van der Waals surface area contributed by atoms with Crippen molar-refractivity contribution in [2.75, 3.05) is 51.1 Å². The highest BCUT2D eigenvalue weighted by Crippen LogP contribution is 2.09. The highest BCUT2D eigenvalue weighted by molar-refractivity contribution is 5.42. The SMILES string of the molecule is CCCCCCN1CCN(CCNc2ccc(F)cc2)CC1. The van der Waals surface area contributed by atoms with Crippen LogP contribution < -0.4 is 5.32 Å². The fourth-order valence-electron chi connectivity index (χ4n) is 2.92. The molecule has 1 aromatic rings. The molecule has 0 aromatic heterocycles. The zero-order valence-electron chi connectivity index (χ0n) is 13.9. The number of benzene rings is 1. The Bertz CT molecular complexity index is 399. The molecule has 0 unspecified atom stereocenters. The van der Waals surface area contributed by atoms with E-state index in [-0.39, 0.29) is 5.82 Å². The van der Waals surface area contributed by atoms with Crippen LogP contribution >= 0.6 is 0 Å². The van der Waals surface area contributed by atoms with Crippen molar-refractivity contribution in [3.05, 3.63) is 30.1 Å². The van der Waals surface area contributed by atoms with E-state index in [1.54, 1.807) is 12.1 Å². The third kappa shape index (κ3) is 6.32. The van der Waals surface area contributed by atoms with Gasteiger partial charge in [0, 0.05) is 45.0 Å². The lowest BCUT2D eigenvalue weighted by Gasteiger charge is -2.34. The largest absolute Gasteiger partial charge is 0.384 e. The molecule has 0 saturated carbocycles. The molecule has 1 N–H and O–H groups in total. The summed E-state index contributed by atoms with van der Waals surface area (Å²) < 4.78 is 12.8. The molecule has 0 atom stereocenters. The van der Waals surface area contributed by atoms with Crippen molar-refractivity contribution in [3.63, 3.8) is 0 Å². The summed E-state index contributed by atoms with van der Waals surface area (Å²) in [5.74, 6) is -0.180. The number of anilines is 1. The second kappa shape index (κ2) is 9.80. The smallest absolute Gasteiger partial charge is 0.123 e. The van der Waals surface area contributed by atoms with Crippen molar-refractivity contribution in [2.24, 2.45) is 0 Å². The lowest BCUT2D eigenvalue weighted by molar-refractivity contribution is 0.134. The van der Waals surface area contributed by atoms with E-state index in [0.29, 0.717) is 0 Å². The number of hydrogen-bond acceptors (Lipinski definition) is 3. The second-order valence-electron chi connectivity index (χ2n) is 6.18. The van der Waals surface area contributed by atoms with Crippen molar-refractivity contribution in [2.45, 2.75) is 32.6 Å². The summed E-state index contributed by atoms with van der Waals surface area (Å²) in [6.07, 6.45) is 5.40. The molecule has 3 nitrogen and oxygen atoms in total. The van der Waals surface area contributed by atoms with Gasteiger partial charge in [-0.25, -0.2) is 4.39 Å². The van der Waals surface area contributed by atoms with E-state index >= 15 is 0 Å². The summed E-state index contributed by atoms with van der Waals surface area (Å²) in [7, 11) is 0. The molecule has 1 aromatic carbocycles. The normalized spacial score (nSPS) is 16.8. The van der Waals surface area contributed by atoms with E-state index in [1.807, 2.05) is 0 Å². The molecule has 4 heteroatoms. The first-order chi connectivity index (χ1) is 10.8. The van der Waals surface area contributed by atoms with Crippen LogP contribution in [-0.4, -0.2) is 55.6 Å². The van der Waals surface area contributed by atoms with Crippen LogP contribution in [0.15, 0.2) is 24.3 Å². The van der Waals surface area contributed by atoms with Gasteiger partial charge in [-0.1, -0.05) is 26.2 Å². The maximum absolute atomic E-state index is 12.8. The third-order valence-electron chi connectivity index (χ3n) is 4.39. The summed E-state index contributed by atoms with van der Waals surface area (Å²) in [4.78, 5) is 5.11. The molecule has 1 saturated heterocycles. The molecule has 1 aliphatic heterocycles. The van der Waals surface area contributed by atoms with Gasteiger partial charge in [0.05, 0.1) is 0 Å². The summed E-state index contributed by atoms with van der Waals surface area (Å²) in [6, 6.07) is 6.59. The van der Waals surface area contributed by atoms with Crippen LogP contribution in [-0.2, 0) is 0 Å². The van der Waals surface area contributed by atoms with E-state index in [0.717, 1.165) is 18.8 Å². The minimum absolute atomic E-state index is 0.180. The lowest BCUT2D eigenvalue weighted by Crippen LogP contribution is -2.47. The van der Waals surface area contributed by atoms with Crippen LogP contribution in [0, 0.1) is 5.82 Å². The van der Waals surface area contributed by atoms with E-state index in [9.17, 15) is 4.39 Å². The lowest BCUT2D eigenvalue weighted by atomic mass is 10.2. The van der Waals surface area contributed by atoms with E-state index < -0.39 is 0 Å². The average Bonchev–Trinajstić information content (AvgIpc) is 2.55. The molecular weight excluding hydrogens is 277 g/mol. The first kappa shape index (κ1) is 17.2. The van der Waals surface area contributed by atoms with Gasteiger partial charge in [-0.15, -0.1) is 0 Å². The average molecular weight is 307 g/mol. The topological polar surface area (TPSA) is 18.5 Å². The highest BCUT2D eigenvalue weighted by Gasteiger charge is 2.15.